The third kappa shape index (κ3) is 8.29. The fourth-order valence-electron chi connectivity index (χ4n) is 5.06. The van der Waals surface area contributed by atoms with Gasteiger partial charge >= 0.3 is 0 Å². The molecule has 0 radical (unpaired) electrons. The van der Waals surface area contributed by atoms with E-state index >= 15 is 0 Å². The summed E-state index contributed by atoms with van der Waals surface area (Å²) >= 11 is 0. The topological polar surface area (TPSA) is 152 Å². The van der Waals surface area contributed by atoms with Crippen LogP contribution in [-0.2, 0) is 21.4 Å². The molecule has 0 unspecified atom stereocenters. The monoisotopic (exact) mass is 655 g/mol. The van der Waals surface area contributed by atoms with Gasteiger partial charge in [-0.2, -0.15) is 0 Å². The molecule has 0 atom stereocenters. The number of sulfonamides is 1. The van der Waals surface area contributed by atoms with E-state index in [1.165, 1.54) is 36.4 Å². The molecule has 0 saturated carbocycles. The summed E-state index contributed by atoms with van der Waals surface area (Å²) in [5.41, 5.74) is 2.59. The van der Waals surface area contributed by atoms with Crippen LogP contribution in [-0.4, -0.2) is 30.7 Å². The lowest BCUT2D eigenvalue weighted by Crippen LogP contribution is -2.19. The van der Waals surface area contributed by atoms with Crippen LogP contribution in [0.1, 0.15) is 53.6 Å². The SMILES string of the molecule is CC(C)(C)CC(=O)Nc1ccc2c(c1)cc(C(=O)Nc1cccc(C(=O)Nc3ccc(S(N)(=O)=O)cc3)c1)n2Cc1ccccc1F. The summed E-state index contributed by atoms with van der Waals surface area (Å²) in [5, 5.41) is 14.2. The van der Waals surface area contributed by atoms with Gasteiger partial charge in [0.2, 0.25) is 15.9 Å². The number of halogens is 1. The first-order valence-corrected chi connectivity index (χ1v) is 16.2. The van der Waals surface area contributed by atoms with Crippen molar-refractivity contribution >= 4 is 55.7 Å². The zero-order chi connectivity index (χ0) is 33.9. The maximum absolute atomic E-state index is 14.7. The molecule has 0 saturated heterocycles. The summed E-state index contributed by atoms with van der Waals surface area (Å²) in [4.78, 5) is 39.2. The molecule has 5 aromatic rings. The molecule has 47 heavy (non-hydrogen) atoms. The first-order valence-electron chi connectivity index (χ1n) is 14.7. The number of benzene rings is 4. The molecule has 1 heterocycles. The van der Waals surface area contributed by atoms with Crippen molar-refractivity contribution in [3.63, 3.8) is 0 Å². The summed E-state index contributed by atoms with van der Waals surface area (Å²) < 4.78 is 39.4. The molecule has 0 bridgehead atoms. The lowest BCUT2D eigenvalue weighted by molar-refractivity contribution is -0.117. The number of fused-ring (bicyclic) bond motifs is 1. The fraction of sp³-hybridized carbons (Fsp3) is 0.171. The number of hydrogen-bond acceptors (Lipinski definition) is 5. The molecular formula is C35H34FN5O5S. The second-order valence-electron chi connectivity index (χ2n) is 12.3. The molecule has 0 fully saturated rings. The molecule has 3 amide bonds. The summed E-state index contributed by atoms with van der Waals surface area (Å²) in [7, 11) is -3.88. The minimum absolute atomic E-state index is 0.0708. The number of carbonyl (C=O) groups is 3. The number of amides is 3. The first kappa shape index (κ1) is 33.0. The lowest BCUT2D eigenvalue weighted by atomic mass is 9.92. The summed E-state index contributed by atoms with van der Waals surface area (Å²) in [6.07, 6.45) is 0.328. The van der Waals surface area contributed by atoms with E-state index in [4.69, 9.17) is 5.14 Å². The summed E-state index contributed by atoms with van der Waals surface area (Å²) in [6.45, 7) is 6.00. The highest BCUT2D eigenvalue weighted by molar-refractivity contribution is 7.89. The third-order valence-corrected chi connectivity index (χ3v) is 8.15. The highest BCUT2D eigenvalue weighted by Crippen LogP contribution is 2.27. The van der Waals surface area contributed by atoms with Crippen molar-refractivity contribution in [3.05, 3.63) is 120 Å². The van der Waals surface area contributed by atoms with Crippen molar-refractivity contribution in [1.82, 2.24) is 4.57 Å². The summed E-state index contributed by atoms with van der Waals surface area (Å²) in [6, 6.07) is 25.0. The minimum Gasteiger partial charge on any atom is -0.332 e. The van der Waals surface area contributed by atoms with Crippen LogP contribution >= 0.6 is 0 Å². The molecule has 5 N–H and O–H groups in total. The number of hydrogen-bond donors (Lipinski definition) is 4. The quantitative estimate of drug-likeness (QED) is 0.146. The molecule has 0 aliphatic heterocycles. The van der Waals surface area contributed by atoms with E-state index in [-0.39, 0.29) is 34.0 Å². The van der Waals surface area contributed by atoms with E-state index in [0.717, 1.165) is 0 Å². The van der Waals surface area contributed by atoms with Gasteiger partial charge in [0.25, 0.3) is 11.8 Å². The largest absolute Gasteiger partial charge is 0.332 e. The minimum atomic E-state index is -3.88. The van der Waals surface area contributed by atoms with Crippen molar-refractivity contribution in [2.24, 2.45) is 10.6 Å². The van der Waals surface area contributed by atoms with Gasteiger partial charge in [-0.3, -0.25) is 14.4 Å². The van der Waals surface area contributed by atoms with Crippen LogP contribution in [0.5, 0.6) is 0 Å². The van der Waals surface area contributed by atoms with Crippen LogP contribution in [0.4, 0.5) is 21.5 Å². The van der Waals surface area contributed by atoms with E-state index < -0.39 is 27.7 Å². The Balaban J connectivity index is 1.41. The van der Waals surface area contributed by atoms with Gasteiger partial charge < -0.3 is 20.5 Å². The van der Waals surface area contributed by atoms with Gasteiger partial charge in [0.15, 0.2) is 0 Å². The van der Waals surface area contributed by atoms with Gasteiger partial charge in [-0.15, -0.1) is 0 Å². The van der Waals surface area contributed by atoms with Crippen LogP contribution < -0.4 is 21.1 Å². The number of aromatic nitrogens is 1. The maximum Gasteiger partial charge on any atom is 0.272 e. The predicted molar refractivity (Wildman–Crippen MR) is 180 cm³/mol. The van der Waals surface area contributed by atoms with Gasteiger partial charge in [-0.1, -0.05) is 45.0 Å². The van der Waals surface area contributed by atoms with Crippen LogP contribution in [0, 0.1) is 11.2 Å². The molecular weight excluding hydrogens is 621 g/mol. The molecule has 1 aromatic heterocycles. The van der Waals surface area contributed by atoms with Crippen LogP contribution in [0.2, 0.25) is 0 Å². The number of nitrogens with zero attached hydrogens (tertiary/aromatic N) is 1. The Bertz CT molecular complexity index is 2100. The number of nitrogens with one attached hydrogen (secondary N) is 3. The third-order valence-electron chi connectivity index (χ3n) is 7.22. The first-order chi connectivity index (χ1) is 22.2. The standard InChI is InChI=1S/C35H34FN5O5S/c1-35(2,3)20-32(42)38-27-13-16-30-24(18-27)19-31(41(30)21-23-7-4-5-10-29(23)36)34(44)40-26-9-6-8-22(17-26)33(43)39-25-11-14-28(15-12-25)47(37,45)46/h4-19H,20-21H2,1-3H3,(H,38,42)(H,39,43)(H,40,44)(H2,37,45,46). The van der Waals surface area contributed by atoms with Crippen molar-refractivity contribution in [2.75, 3.05) is 16.0 Å². The molecule has 5 rings (SSSR count). The predicted octanol–water partition coefficient (Wildman–Crippen LogP) is 6.36. The van der Waals surface area contributed by atoms with Gasteiger partial charge in [-0.25, -0.2) is 17.9 Å². The van der Waals surface area contributed by atoms with E-state index in [0.29, 0.717) is 39.9 Å². The Morgan fingerprint density at radius 2 is 1.43 bits per heavy atom. The average Bonchev–Trinajstić information content (AvgIpc) is 3.35. The van der Waals surface area contributed by atoms with Crippen LogP contribution in [0.15, 0.2) is 102 Å². The Morgan fingerprint density at radius 3 is 2.11 bits per heavy atom. The number of anilines is 3. The Hall–Kier alpha value is -5.33. The van der Waals surface area contributed by atoms with Crippen molar-refractivity contribution in [3.8, 4) is 0 Å². The van der Waals surface area contributed by atoms with Crippen LogP contribution in [0.25, 0.3) is 10.9 Å². The Kier molecular flexibility index (Phi) is 9.27. The molecule has 4 aromatic carbocycles. The zero-order valence-electron chi connectivity index (χ0n) is 26.0. The number of primary sulfonamides is 1. The van der Waals surface area contributed by atoms with Crippen molar-refractivity contribution in [2.45, 2.75) is 38.6 Å². The Labute approximate surface area is 271 Å². The molecule has 0 aliphatic carbocycles. The second kappa shape index (κ2) is 13.2. The fourth-order valence-corrected chi connectivity index (χ4v) is 5.57. The number of rotatable bonds is 9. The van der Waals surface area contributed by atoms with Gasteiger partial charge in [0.05, 0.1) is 11.4 Å². The van der Waals surface area contributed by atoms with E-state index in [9.17, 15) is 27.2 Å². The molecule has 10 nitrogen and oxygen atoms in total. The van der Waals surface area contributed by atoms with Crippen LogP contribution in [0.3, 0.4) is 0 Å². The van der Waals surface area contributed by atoms with E-state index in [1.807, 2.05) is 20.8 Å². The zero-order valence-corrected chi connectivity index (χ0v) is 26.8. The lowest BCUT2D eigenvalue weighted by Gasteiger charge is -2.17. The molecule has 0 spiro atoms. The highest BCUT2D eigenvalue weighted by Gasteiger charge is 2.20. The normalized spacial score (nSPS) is 11.7. The van der Waals surface area contributed by atoms with Gasteiger partial charge in [0.1, 0.15) is 11.5 Å². The molecule has 12 heteroatoms. The van der Waals surface area contributed by atoms with E-state index in [2.05, 4.69) is 16.0 Å². The number of carbonyl (C=O) groups excluding carboxylic acids is 3. The van der Waals surface area contributed by atoms with Gasteiger partial charge in [0, 0.05) is 45.5 Å². The maximum atomic E-state index is 14.7. The van der Waals surface area contributed by atoms with E-state index in [1.54, 1.807) is 65.2 Å². The average molecular weight is 656 g/mol. The Morgan fingerprint density at radius 1 is 0.766 bits per heavy atom. The highest BCUT2D eigenvalue weighted by atomic mass is 32.2. The van der Waals surface area contributed by atoms with Gasteiger partial charge in [-0.05, 0) is 78.2 Å². The van der Waals surface area contributed by atoms with Crippen molar-refractivity contribution in [1.29, 1.82) is 0 Å². The van der Waals surface area contributed by atoms with Crippen molar-refractivity contribution < 1.29 is 27.2 Å². The number of nitrogens with two attached hydrogens (primary N) is 1. The molecule has 0 aliphatic rings. The smallest absolute Gasteiger partial charge is 0.272 e. The summed E-state index contributed by atoms with van der Waals surface area (Å²) in [5.74, 6) is -1.53. The second-order valence-corrected chi connectivity index (χ2v) is 13.9. The molecule has 242 valence electrons.